The van der Waals surface area contributed by atoms with Crippen molar-refractivity contribution in [1.29, 1.82) is 0 Å². The summed E-state index contributed by atoms with van der Waals surface area (Å²) in [6.45, 7) is 3.33. The Hall–Kier alpha value is -2.88. The number of carbonyl (C=O) groups excluding carboxylic acids is 1. The van der Waals surface area contributed by atoms with Crippen LogP contribution in [0.4, 0.5) is 22.4 Å². The van der Waals surface area contributed by atoms with Gasteiger partial charge in [0, 0.05) is 61.1 Å². The van der Waals surface area contributed by atoms with Crippen LogP contribution >= 0.6 is 0 Å². The second-order valence-electron chi connectivity index (χ2n) is 11.2. The number of hydrogen-bond donors (Lipinski definition) is 5. The monoisotopic (exact) mass is 493 g/mol. The molecule has 0 radical (unpaired) electrons. The van der Waals surface area contributed by atoms with E-state index >= 15 is 0 Å². The van der Waals surface area contributed by atoms with Gasteiger partial charge < -0.3 is 26.2 Å². The molecule has 5 fully saturated rings. The highest BCUT2D eigenvalue weighted by molar-refractivity contribution is 5.75. The van der Waals surface area contributed by atoms with Crippen molar-refractivity contribution in [3.05, 3.63) is 24.0 Å². The Morgan fingerprint density at radius 2 is 1.69 bits per heavy atom. The zero-order valence-electron chi connectivity index (χ0n) is 21.1. The fraction of sp³-hybridized carbons (Fsp3) is 0.692. The van der Waals surface area contributed by atoms with E-state index in [2.05, 4.69) is 52.4 Å². The van der Waals surface area contributed by atoms with E-state index in [-0.39, 0.29) is 17.6 Å². The standard InChI is InChI=1S/C26H39N9O/c36-25(32-26-10-14-35(15-11-26)16-12-26)29-20-7-5-19(6-8-20)28-24-27-13-9-22(31-24)30-23-17-21(33-34-23)18-3-1-2-4-18/h9,13,17-20H,1-8,10-12,14-16H2,(H2,29,32,36)(H3,27,28,30,31,33,34)/t19-,20-. The van der Waals surface area contributed by atoms with Gasteiger partial charge in [-0.15, -0.1) is 0 Å². The lowest BCUT2D eigenvalue weighted by molar-refractivity contribution is 0.0666. The summed E-state index contributed by atoms with van der Waals surface area (Å²) < 4.78 is 0. The predicted molar refractivity (Wildman–Crippen MR) is 139 cm³/mol. The van der Waals surface area contributed by atoms with Gasteiger partial charge in [-0.05, 0) is 63.9 Å². The molecule has 2 saturated carbocycles. The molecule has 0 unspecified atom stereocenters. The molecule has 3 saturated heterocycles. The number of nitrogens with one attached hydrogen (secondary N) is 5. The molecule has 5 heterocycles. The summed E-state index contributed by atoms with van der Waals surface area (Å²) in [4.78, 5) is 24.3. The zero-order valence-corrected chi connectivity index (χ0v) is 21.1. The first kappa shape index (κ1) is 23.5. The third-order valence-corrected chi connectivity index (χ3v) is 8.80. The number of amides is 2. The van der Waals surface area contributed by atoms with Crippen LogP contribution in [0.25, 0.3) is 0 Å². The summed E-state index contributed by atoms with van der Waals surface area (Å²) in [5, 5.41) is 21.0. The van der Waals surface area contributed by atoms with Gasteiger partial charge in [0.1, 0.15) is 5.82 Å². The van der Waals surface area contributed by atoms with Crippen molar-refractivity contribution < 1.29 is 4.79 Å². The number of hydrogen-bond acceptors (Lipinski definition) is 7. The lowest BCUT2D eigenvalue weighted by atomic mass is 9.80. The van der Waals surface area contributed by atoms with Crippen LogP contribution < -0.4 is 21.3 Å². The van der Waals surface area contributed by atoms with Crippen LogP contribution in [0.3, 0.4) is 0 Å². The minimum absolute atomic E-state index is 0.0123. The molecule has 36 heavy (non-hydrogen) atoms. The highest BCUT2D eigenvalue weighted by Crippen LogP contribution is 2.34. The third-order valence-electron chi connectivity index (χ3n) is 8.80. The summed E-state index contributed by atoms with van der Waals surface area (Å²) in [7, 11) is 0. The van der Waals surface area contributed by atoms with E-state index in [9.17, 15) is 4.79 Å². The molecule has 10 heteroatoms. The predicted octanol–water partition coefficient (Wildman–Crippen LogP) is 3.86. The van der Waals surface area contributed by atoms with E-state index in [1.165, 1.54) is 31.4 Å². The summed E-state index contributed by atoms with van der Waals surface area (Å²) in [6, 6.07) is 4.52. The molecule has 2 bridgehead atoms. The molecule has 7 rings (SSSR count). The van der Waals surface area contributed by atoms with Crippen LogP contribution in [-0.2, 0) is 0 Å². The number of aromatic amines is 1. The molecule has 2 aliphatic carbocycles. The van der Waals surface area contributed by atoms with Gasteiger partial charge in [0.2, 0.25) is 5.95 Å². The van der Waals surface area contributed by atoms with Crippen molar-refractivity contribution in [3.8, 4) is 0 Å². The fourth-order valence-corrected chi connectivity index (χ4v) is 6.52. The molecular formula is C26H39N9O. The molecule has 0 aromatic carbocycles. The SMILES string of the molecule is O=C(NC12CCN(CC1)CC2)N[C@H]1CC[C@H](Nc2nccc(Nc3cc(C4CCCC4)[nH]n3)n2)CC1. The van der Waals surface area contributed by atoms with Crippen molar-refractivity contribution >= 4 is 23.6 Å². The quantitative estimate of drug-likeness (QED) is 0.397. The number of piperidine rings is 3. The molecule has 194 valence electrons. The summed E-state index contributed by atoms with van der Waals surface area (Å²) in [6.07, 6.45) is 14.0. The number of fused-ring (bicyclic) bond motifs is 3. The molecule has 0 atom stereocenters. The first-order valence-electron chi connectivity index (χ1n) is 13.9. The first-order valence-corrected chi connectivity index (χ1v) is 13.9. The van der Waals surface area contributed by atoms with Gasteiger partial charge in [-0.1, -0.05) is 12.8 Å². The van der Waals surface area contributed by atoms with Gasteiger partial charge in [-0.2, -0.15) is 10.1 Å². The number of aromatic nitrogens is 4. The molecule has 0 spiro atoms. The number of H-pyrrole nitrogens is 1. The van der Waals surface area contributed by atoms with Crippen LogP contribution in [-0.4, -0.2) is 68.4 Å². The van der Waals surface area contributed by atoms with E-state index < -0.39 is 0 Å². The number of anilines is 3. The third kappa shape index (κ3) is 5.43. The Kier molecular flexibility index (Phi) is 6.69. The minimum atomic E-state index is 0.0123. The highest BCUT2D eigenvalue weighted by Gasteiger charge is 2.40. The summed E-state index contributed by atoms with van der Waals surface area (Å²) >= 11 is 0. The Morgan fingerprint density at radius 3 is 2.44 bits per heavy atom. The van der Waals surface area contributed by atoms with Crippen molar-refractivity contribution in [2.75, 3.05) is 30.3 Å². The van der Waals surface area contributed by atoms with E-state index in [0.717, 1.165) is 76.2 Å². The zero-order chi connectivity index (χ0) is 24.4. The maximum Gasteiger partial charge on any atom is 0.315 e. The summed E-state index contributed by atoms with van der Waals surface area (Å²) in [5.41, 5.74) is 1.23. The Labute approximate surface area is 212 Å². The van der Waals surface area contributed by atoms with Crippen LogP contribution in [0.5, 0.6) is 0 Å². The number of carbonyl (C=O) groups is 1. The largest absolute Gasteiger partial charge is 0.351 e. The average molecular weight is 494 g/mol. The molecule has 2 aromatic rings. The van der Waals surface area contributed by atoms with E-state index in [1.807, 2.05) is 6.07 Å². The van der Waals surface area contributed by atoms with E-state index in [1.54, 1.807) is 6.20 Å². The maximum absolute atomic E-state index is 12.7. The van der Waals surface area contributed by atoms with Gasteiger partial charge >= 0.3 is 6.03 Å². The van der Waals surface area contributed by atoms with Gasteiger partial charge in [0.05, 0.1) is 0 Å². The van der Waals surface area contributed by atoms with Crippen LogP contribution in [0.15, 0.2) is 18.3 Å². The normalized spacial score (nSPS) is 30.2. The fourth-order valence-electron chi connectivity index (χ4n) is 6.52. The lowest BCUT2D eigenvalue weighted by Gasteiger charge is -2.48. The second kappa shape index (κ2) is 10.2. The van der Waals surface area contributed by atoms with Crippen molar-refractivity contribution in [2.24, 2.45) is 0 Å². The number of urea groups is 1. The van der Waals surface area contributed by atoms with Gasteiger partial charge in [-0.25, -0.2) is 9.78 Å². The molecular weight excluding hydrogens is 454 g/mol. The van der Waals surface area contributed by atoms with Crippen LogP contribution in [0.2, 0.25) is 0 Å². The highest BCUT2D eigenvalue weighted by atomic mass is 16.2. The smallest absolute Gasteiger partial charge is 0.315 e. The number of rotatable bonds is 7. The van der Waals surface area contributed by atoms with Gasteiger partial charge in [-0.3, -0.25) is 5.10 Å². The van der Waals surface area contributed by atoms with E-state index in [4.69, 9.17) is 0 Å². The van der Waals surface area contributed by atoms with Gasteiger partial charge in [0.25, 0.3) is 0 Å². The van der Waals surface area contributed by atoms with Crippen LogP contribution in [0.1, 0.15) is 82.2 Å². The topological polar surface area (TPSA) is 123 Å². The van der Waals surface area contributed by atoms with Crippen molar-refractivity contribution in [2.45, 2.75) is 94.2 Å². The Bertz CT molecular complexity index is 1020. The molecule has 10 nitrogen and oxygen atoms in total. The molecule has 5 N–H and O–H groups in total. The van der Waals surface area contributed by atoms with Crippen molar-refractivity contribution in [1.82, 2.24) is 35.7 Å². The Balaban J connectivity index is 0.960. The molecule has 5 aliphatic rings. The molecule has 3 aliphatic heterocycles. The lowest BCUT2D eigenvalue weighted by Crippen LogP contribution is -2.63. The van der Waals surface area contributed by atoms with Gasteiger partial charge in [0.15, 0.2) is 5.82 Å². The molecule has 2 amide bonds. The number of nitrogens with zero attached hydrogens (tertiary/aromatic N) is 4. The second-order valence-corrected chi connectivity index (χ2v) is 11.2. The maximum atomic E-state index is 12.7. The minimum Gasteiger partial charge on any atom is -0.351 e. The first-order chi connectivity index (χ1) is 17.6. The van der Waals surface area contributed by atoms with Crippen LogP contribution in [0, 0.1) is 0 Å². The molecule has 2 aromatic heterocycles. The summed E-state index contributed by atoms with van der Waals surface area (Å²) in [5.74, 6) is 2.76. The average Bonchev–Trinajstić information content (AvgIpc) is 3.59. The Morgan fingerprint density at radius 1 is 0.972 bits per heavy atom. The van der Waals surface area contributed by atoms with E-state index in [0.29, 0.717) is 17.9 Å². The van der Waals surface area contributed by atoms with Crippen molar-refractivity contribution in [3.63, 3.8) is 0 Å².